The molecule has 27 heavy (non-hydrogen) atoms. The van der Waals surface area contributed by atoms with E-state index in [-0.39, 0.29) is 24.8 Å². The molecule has 0 unspecified atom stereocenters. The van der Waals surface area contributed by atoms with Crippen LogP contribution in [0.1, 0.15) is 44.9 Å². The van der Waals surface area contributed by atoms with Gasteiger partial charge in [0.25, 0.3) is 0 Å². The zero-order valence-corrected chi connectivity index (χ0v) is 15.5. The second-order valence-corrected chi connectivity index (χ2v) is 6.62. The van der Waals surface area contributed by atoms with Gasteiger partial charge in [-0.25, -0.2) is 4.79 Å². The molecule has 0 atom stereocenters. The Hall–Kier alpha value is -2.77. The van der Waals surface area contributed by atoms with Gasteiger partial charge in [-0.1, -0.05) is 19.3 Å². The third-order valence-corrected chi connectivity index (χ3v) is 4.54. The van der Waals surface area contributed by atoms with E-state index < -0.39 is 12.0 Å². The van der Waals surface area contributed by atoms with Gasteiger partial charge in [0, 0.05) is 24.6 Å². The Balaban J connectivity index is 1.94. The Kier molecular flexibility index (Phi) is 7.91. The average molecular weight is 377 g/mol. The molecule has 1 aliphatic carbocycles. The summed E-state index contributed by atoms with van der Waals surface area (Å²) >= 11 is 0. The average Bonchev–Trinajstić information content (AvgIpc) is 2.66. The number of benzene rings is 1. The van der Waals surface area contributed by atoms with Crippen molar-refractivity contribution in [2.24, 2.45) is 5.92 Å². The molecule has 0 heterocycles. The Morgan fingerprint density at radius 2 is 1.89 bits per heavy atom. The van der Waals surface area contributed by atoms with Crippen LogP contribution in [-0.4, -0.2) is 36.7 Å². The monoisotopic (exact) mass is 377 g/mol. The maximum Gasteiger partial charge on any atom is 0.319 e. The molecular weight excluding hydrogens is 350 g/mol. The molecule has 0 radical (unpaired) electrons. The van der Waals surface area contributed by atoms with Crippen LogP contribution in [0.4, 0.5) is 16.2 Å². The first-order valence-corrected chi connectivity index (χ1v) is 9.25. The summed E-state index contributed by atoms with van der Waals surface area (Å²) < 4.78 is 5.30. The Morgan fingerprint density at radius 1 is 1.15 bits per heavy atom. The molecule has 1 saturated carbocycles. The summed E-state index contributed by atoms with van der Waals surface area (Å²) in [5, 5.41) is 16.8. The number of carbonyl (C=O) groups excluding carboxylic acids is 2. The van der Waals surface area contributed by atoms with Crippen molar-refractivity contribution in [3.8, 4) is 5.75 Å². The molecule has 148 valence electrons. The van der Waals surface area contributed by atoms with Crippen LogP contribution in [0.2, 0.25) is 0 Å². The number of anilines is 2. The van der Waals surface area contributed by atoms with Crippen LogP contribution in [0.5, 0.6) is 5.75 Å². The van der Waals surface area contributed by atoms with Crippen molar-refractivity contribution in [3.63, 3.8) is 0 Å². The number of carboxylic acids is 1. The largest absolute Gasteiger partial charge is 0.495 e. The molecule has 1 aromatic carbocycles. The van der Waals surface area contributed by atoms with Crippen LogP contribution >= 0.6 is 0 Å². The van der Waals surface area contributed by atoms with E-state index in [2.05, 4.69) is 16.0 Å². The molecule has 0 spiro atoms. The molecule has 0 saturated heterocycles. The van der Waals surface area contributed by atoms with E-state index in [1.165, 1.54) is 13.5 Å². The van der Waals surface area contributed by atoms with E-state index in [4.69, 9.17) is 9.84 Å². The van der Waals surface area contributed by atoms with Gasteiger partial charge in [-0.05, 0) is 37.5 Å². The molecular formula is C19H27N3O5. The first-order chi connectivity index (χ1) is 13.0. The van der Waals surface area contributed by atoms with E-state index >= 15 is 0 Å². The summed E-state index contributed by atoms with van der Waals surface area (Å²) in [5.41, 5.74) is 1.02. The Morgan fingerprint density at radius 3 is 2.56 bits per heavy atom. The maximum absolute atomic E-state index is 12.5. The topological polar surface area (TPSA) is 117 Å². The van der Waals surface area contributed by atoms with Gasteiger partial charge in [0.05, 0.1) is 12.8 Å². The number of aliphatic carboxylic acids is 1. The van der Waals surface area contributed by atoms with Crippen molar-refractivity contribution in [1.29, 1.82) is 0 Å². The van der Waals surface area contributed by atoms with Crippen molar-refractivity contribution in [1.82, 2.24) is 5.32 Å². The Labute approximate surface area is 158 Å². The minimum absolute atomic E-state index is 0.000161. The van der Waals surface area contributed by atoms with Gasteiger partial charge in [-0.3, -0.25) is 9.59 Å². The fourth-order valence-electron chi connectivity index (χ4n) is 3.10. The Bertz CT molecular complexity index is 671. The van der Waals surface area contributed by atoms with Crippen LogP contribution in [0.3, 0.4) is 0 Å². The van der Waals surface area contributed by atoms with Crippen LogP contribution in [0.15, 0.2) is 18.2 Å². The molecule has 0 aromatic heterocycles. The SMILES string of the molecule is COc1ccc(NC(=O)NCCCC(=O)O)cc1NC(=O)C1CCCCC1. The molecule has 0 bridgehead atoms. The van der Waals surface area contributed by atoms with Crippen LogP contribution < -0.4 is 20.7 Å². The summed E-state index contributed by atoms with van der Waals surface area (Å²) in [4.78, 5) is 34.8. The fraction of sp³-hybridized carbons (Fsp3) is 0.526. The van der Waals surface area contributed by atoms with E-state index in [0.29, 0.717) is 23.5 Å². The zero-order chi connectivity index (χ0) is 19.6. The fourth-order valence-corrected chi connectivity index (χ4v) is 3.10. The second kappa shape index (κ2) is 10.4. The predicted molar refractivity (Wildman–Crippen MR) is 102 cm³/mol. The number of hydrogen-bond acceptors (Lipinski definition) is 4. The number of carbonyl (C=O) groups is 3. The highest BCUT2D eigenvalue weighted by Gasteiger charge is 2.22. The standard InChI is InChI=1S/C19H27N3O5/c1-27-16-10-9-14(21-19(26)20-11-5-8-17(23)24)12-15(16)22-18(25)13-6-3-2-4-7-13/h9-10,12-13H,2-8,11H2,1H3,(H,22,25)(H,23,24)(H2,20,21,26). The number of carboxylic acid groups (broad SMARTS) is 1. The smallest absolute Gasteiger partial charge is 0.319 e. The molecule has 1 fully saturated rings. The number of amides is 3. The number of ether oxygens (including phenoxy) is 1. The lowest BCUT2D eigenvalue weighted by atomic mass is 9.88. The first-order valence-electron chi connectivity index (χ1n) is 9.25. The number of hydrogen-bond donors (Lipinski definition) is 4. The molecule has 8 heteroatoms. The quantitative estimate of drug-likeness (QED) is 0.519. The minimum Gasteiger partial charge on any atom is -0.495 e. The lowest BCUT2D eigenvalue weighted by molar-refractivity contribution is -0.137. The number of nitrogens with one attached hydrogen (secondary N) is 3. The van der Waals surface area contributed by atoms with Gasteiger partial charge in [0.1, 0.15) is 5.75 Å². The maximum atomic E-state index is 12.5. The number of methoxy groups -OCH3 is 1. The van der Waals surface area contributed by atoms with Crippen molar-refractivity contribution < 1.29 is 24.2 Å². The predicted octanol–water partition coefficient (Wildman–Crippen LogP) is 3.20. The summed E-state index contributed by atoms with van der Waals surface area (Å²) in [5.74, 6) is -0.391. The van der Waals surface area contributed by atoms with Crippen molar-refractivity contribution in [2.45, 2.75) is 44.9 Å². The lowest BCUT2D eigenvalue weighted by Crippen LogP contribution is -2.30. The number of rotatable bonds is 8. The van der Waals surface area contributed by atoms with Gasteiger partial charge >= 0.3 is 12.0 Å². The summed E-state index contributed by atoms with van der Waals surface area (Å²) in [7, 11) is 1.52. The van der Waals surface area contributed by atoms with Gasteiger partial charge in [0.15, 0.2) is 0 Å². The summed E-state index contributed by atoms with van der Waals surface area (Å²) in [6.45, 7) is 0.263. The van der Waals surface area contributed by atoms with Crippen molar-refractivity contribution in [3.05, 3.63) is 18.2 Å². The summed E-state index contributed by atoms with van der Waals surface area (Å²) in [6, 6.07) is 4.56. The molecule has 2 rings (SSSR count). The third kappa shape index (κ3) is 6.80. The molecule has 8 nitrogen and oxygen atoms in total. The van der Waals surface area contributed by atoms with E-state index in [1.807, 2.05) is 0 Å². The van der Waals surface area contributed by atoms with Crippen LogP contribution in [0, 0.1) is 5.92 Å². The number of urea groups is 1. The normalized spacial score (nSPS) is 14.3. The van der Waals surface area contributed by atoms with Gasteiger partial charge in [-0.2, -0.15) is 0 Å². The minimum atomic E-state index is -0.897. The van der Waals surface area contributed by atoms with E-state index in [1.54, 1.807) is 18.2 Å². The molecule has 3 amide bonds. The lowest BCUT2D eigenvalue weighted by Gasteiger charge is -2.21. The van der Waals surface area contributed by atoms with Crippen LogP contribution in [-0.2, 0) is 9.59 Å². The van der Waals surface area contributed by atoms with E-state index in [0.717, 1.165) is 25.7 Å². The summed E-state index contributed by atoms with van der Waals surface area (Å²) in [6.07, 6.45) is 5.45. The first kappa shape index (κ1) is 20.5. The molecule has 1 aromatic rings. The van der Waals surface area contributed by atoms with Crippen molar-refractivity contribution >= 4 is 29.3 Å². The van der Waals surface area contributed by atoms with Crippen molar-refractivity contribution in [2.75, 3.05) is 24.3 Å². The van der Waals surface area contributed by atoms with Gasteiger partial charge in [-0.15, -0.1) is 0 Å². The molecule has 4 N–H and O–H groups in total. The third-order valence-electron chi connectivity index (χ3n) is 4.54. The molecule has 1 aliphatic rings. The van der Waals surface area contributed by atoms with Crippen LogP contribution in [0.25, 0.3) is 0 Å². The van der Waals surface area contributed by atoms with Gasteiger partial charge < -0.3 is 25.8 Å². The highest BCUT2D eigenvalue weighted by atomic mass is 16.5. The second-order valence-electron chi connectivity index (χ2n) is 6.62. The highest BCUT2D eigenvalue weighted by Crippen LogP contribution is 2.30. The zero-order valence-electron chi connectivity index (χ0n) is 15.5. The van der Waals surface area contributed by atoms with E-state index in [9.17, 15) is 14.4 Å². The van der Waals surface area contributed by atoms with Gasteiger partial charge in [0.2, 0.25) is 5.91 Å². The molecule has 0 aliphatic heterocycles. The highest BCUT2D eigenvalue weighted by molar-refractivity contribution is 5.96.